The van der Waals surface area contributed by atoms with Crippen LogP contribution in [-0.2, 0) is 20.6 Å². The Bertz CT molecular complexity index is 2830. The number of phenols is 1. The van der Waals surface area contributed by atoms with Crippen molar-refractivity contribution in [1.29, 1.82) is 0 Å². The van der Waals surface area contributed by atoms with Gasteiger partial charge >= 0.3 is 0 Å². The predicted octanol–water partition coefficient (Wildman–Crippen LogP) is 8.97. The Morgan fingerprint density at radius 1 is 1.00 bits per heavy atom. The summed E-state index contributed by atoms with van der Waals surface area (Å²) < 4.78 is 19.0. The van der Waals surface area contributed by atoms with Gasteiger partial charge in [-0.2, -0.15) is 0 Å². The summed E-state index contributed by atoms with van der Waals surface area (Å²) >= 11 is 1.61. The van der Waals surface area contributed by atoms with Gasteiger partial charge < -0.3 is 44.1 Å². The lowest BCUT2D eigenvalue weighted by atomic mass is 9.91. The van der Waals surface area contributed by atoms with Crippen molar-refractivity contribution in [2.24, 2.45) is 5.92 Å². The zero-order valence-electron chi connectivity index (χ0n) is 41.5. The minimum Gasteiger partial charge on any atom is -0.507 e. The number of aryl methyl sites for hydroxylation is 1. The van der Waals surface area contributed by atoms with Crippen LogP contribution in [0.5, 0.6) is 11.6 Å². The summed E-state index contributed by atoms with van der Waals surface area (Å²) in [6.45, 7) is 22.3. The van der Waals surface area contributed by atoms with Crippen molar-refractivity contribution < 1.29 is 28.4 Å². The van der Waals surface area contributed by atoms with E-state index in [1.807, 2.05) is 75.7 Å². The fourth-order valence-corrected chi connectivity index (χ4v) is 11.7. The number of aromatic nitrogens is 5. The maximum atomic E-state index is 14.9. The number of likely N-dealkylation sites (tertiary alicyclic amines) is 1. The van der Waals surface area contributed by atoms with Gasteiger partial charge in [-0.15, -0.1) is 21.5 Å². The molecule has 0 bridgehead atoms. The van der Waals surface area contributed by atoms with E-state index in [2.05, 4.69) is 91.8 Å². The molecule has 0 aliphatic carbocycles. The van der Waals surface area contributed by atoms with Crippen molar-refractivity contribution in [2.45, 2.75) is 110 Å². The number of nitrogens with one attached hydrogen (secondary N) is 2. The molecule has 2 amide bonds. The predicted molar refractivity (Wildman–Crippen MR) is 275 cm³/mol. The fourth-order valence-electron chi connectivity index (χ4n) is 9.49. The molecule has 3 N–H and O–H groups in total. The van der Waals surface area contributed by atoms with E-state index in [1.54, 1.807) is 40.6 Å². The number of nitrogens with zero attached hydrogens (tertiary/aromatic N) is 8. The van der Waals surface area contributed by atoms with Crippen LogP contribution in [0.3, 0.4) is 0 Å². The van der Waals surface area contributed by atoms with Crippen LogP contribution in [0, 0.1) is 12.8 Å². The van der Waals surface area contributed by atoms with Crippen LogP contribution >= 0.6 is 11.3 Å². The van der Waals surface area contributed by atoms with Gasteiger partial charge in [0.2, 0.25) is 17.7 Å². The number of ether oxygens (including phenoxy) is 1. The summed E-state index contributed by atoms with van der Waals surface area (Å²) in [6, 6.07) is 22.2. The number of aromatic hydroxyl groups is 1. The van der Waals surface area contributed by atoms with E-state index < -0.39 is 20.3 Å². The van der Waals surface area contributed by atoms with Gasteiger partial charge in [0.05, 0.1) is 45.7 Å². The molecule has 2 aromatic carbocycles. The lowest BCUT2D eigenvalue weighted by Crippen LogP contribution is -2.58. The first kappa shape index (κ1) is 48.6. The zero-order valence-corrected chi connectivity index (χ0v) is 43.3. The Morgan fingerprint density at radius 2 is 1.79 bits per heavy atom. The molecule has 16 nitrogen and oxygen atoms in total. The number of anilines is 3. The van der Waals surface area contributed by atoms with E-state index in [0.29, 0.717) is 48.1 Å². The van der Waals surface area contributed by atoms with Gasteiger partial charge in [-0.05, 0) is 73.3 Å². The zero-order chi connectivity index (χ0) is 49.5. The third kappa shape index (κ3) is 10.1. The maximum Gasteiger partial charge on any atom is 0.243 e. The number of rotatable bonds is 14. The molecule has 4 aromatic heterocycles. The third-order valence-corrected chi connectivity index (χ3v) is 19.9. The van der Waals surface area contributed by atoms with E-state index in [4.69, 9.17) is 13.7 Å². The highest BCUT2D eigenvalue weighted by molar-refractivity contribution is 7.13. The molecule has 0 spiro atoms. The monoisotopic (exact) mass is 984 g/mol. The van der Waals surface area contributed by atoms with E-state index in [1.165, 1.54) is 0 Å². The van der Waals surface area contributed by atoms with Crippen LogP contribution in [0.4, 0.5) is 17.2 Å². The molecule has 5 atom stereocenters. The van der Waals surface area contributed by atoms with Crippen LogP contribution < -0.4 is 25.2 Å². The molecule has 0 saturated carbocycles. The molecule has 3 aliphatic heterocycles. The number of para-hydroxylation sites is 1. The van der Waals surface area contributed by atoms with Crippen molar-refractivity contribution in [3.05, 3.63) is 107 Å². The summed E-state index contributed by atoms with van der Waals surface area (Å²) in [5, 5.41) is 30.3. The van der Waals surface area contributed by atoms with Crippen LogP contribution in [0.15, 0.2) is 89.0 Å². The standard InChI is InChI=1S/C52H64N10O6SSi/c1-31(2)47(51(65)62-28-39(68-70(8,9)52(5,6)7)24-43(62)50(64)56-32(3)34-14-16-35(17-15-34)48-33(4)55-30-69-48)45-22-36(59-67-45)29-66-46-23-37(18-19-53-46)60-20-21-61-38(27-60)26-54-49-42(61)25-41(57-58-49)40-12-10-11-13-44(40)63/h10-19,22-23,25,30-32,38-39,43,47,63H,20-21,24,26-29H2,1-9H3,(H,54,58)(H,56,64)/t32-,38?,39+,43+,47?/m0/s1. The third-order valence-electron chi connectivity index (χ3n) is 14.4. The Hall–Kier alpha value is -6.37. The number of carbonyl (C=O) groups is 2. The Kier molecular flexibility index (Phi) is 13.8. The molecule has 2 fully saturated rings. The van der Waals surface area contributed by atoms with Crippen LogP contribution in [0.25, 0.3) is 21.7 Å². The Morgan fingerprint density at radius 3 is 2.51 bits per heavy atom. The first-order chi connectivity index (χ1) is 33.4. The first-order valence-corrected chi connectivity index (χ1v) is 28.0. The van der Waals surface area contributed by atoms with Gasteiger partial charge in [0.15, 0.2) is 14.1 Å². The van der Waals surface area contributed by atoms with Gasteiger partial charge in [0, 0.05) is 68.7 Å². The molecule has 2 unspecified atom stereocenters. The van der Waals surface area contributed by atoms with E-state index in [-0.39, 0.29) is 53.3 Å². The molecule has 368 valence electrons. The van der Waals surface area contributed by atoms with Crippen LogP contribution in [0.1, 0.15) is 82.6 Å². The maximum absolute atomic E-state index is 14.9. The molecule has 18 heteroatoms. The number of thiazole rings is 1. The molecule has 3 aliphatic rings. The second kappa shape index (κ2) is 19.8. The molecular formula is C52H64N10O6SSi. The quantitative estimate of drug-likeness (QED) is 0.0879. The highest BCUT2D eigenvalue weighted by Gasteiger charge is 2.48. The van der Waals surface area contributed by atoms with Gasteiger partial charge in [0.1, 0.15) is 35.8 Å². The molecule has 70 heavy (non-hydrogen) atoms. The fraction of sp³-hybridized carbons (Fsp3) is 0.442. The molecule has 7 heterocycles. The van der Waals surface area contributed by atoms with E-state index >= 15 is 0 Å². The van der Waals surface area contributed by atoms with Crippen molar-refractivity contribution >= 4 is 48.7 Å². The minimum atomic E-state index is -2.25. The summed E-state index contributed by atoms with van der Waals surface area (Å²) in [7, 11) is -2.25. The minimum absolute atomic E-state index is 0.0517. The Balaban J connectivity index is 0.860. The van der Waals surface area contributed by atoms with Gasteiger partial charge in [-0.3, -0.25) is 9.59 Å². The first-order valence-electron chi connectivity index (χ1n) is 24.2. The lowest BCUT2D eigenvalue weighted by molar-refractivity contribution is -0.141. The van der Waals surface area contributed by atoms with Crippen LogP contribution in [-0.4, -0.2) is 106 Å². The van der Waals surface area contributed by atoms with Crippen molar-refractivity contribution in [1.82, 2.24) is 35.5 Å². The summed E-state index contributed by atoms with van der Waals surface area (Å²) in [6.07, 6.45) is 1.84. The lowest BCUT2D eigenvalue weighted by Gasteiger charge is -2.46. The summed E-state index contributed by atoms with van der Waals surface area (Å²) in [5.74, 6) is 0.464. The average molecular weight is 985 g/mol. The summed E-state index contributed by atoms with van der Waals surface area (Å²) in [5.41, 5.74) is 8.62. The van der Waals surface area contributed by atoms with Crippen molar-refractivity contribution in [2.75, 3.05) is 47.8 Å². The second-order valence-corrected chi connectivity index (χ2v) is 26.2. The number of pyridine rings is 1. The average Bonchev–Trinajstić information content (AvgIpc) is 4.10. The van der Waals surface area contributed by atoms with E-state index in [0.717, 1.165) is 58.5 Å². The van der Waals surface area contributed by atoms with Gasteiger partial charge in [-0.1, -0.05) is 76.2 Å². The van der Waals surface area contributed by atoms with Crippen molar-refractivity contribution in [3.63, 3.8) is 0 Å². The smallest absolute Gasteiger partial charge is 0.243 e. The Labute approximate surface area is 415 Å². The van der Waals surface area contributed by atoms with Crippen LogP contribution in [0.2, 0.25) is 18.1 Å². The number of hydrogen-bond donors (Lipinski definition) is 3. The number of piperazine rings is 1. The number of carbonyl (C=O) groups excluding carboxylic acids is 2. The van der Waals surface area contributed by atoms with E-state index in [9.17, 15) is 14.7 Å². The second-order valence-electron chi connectivity index (χ2n) is 20.6. The highest BCUT2D eigenvalue weighted by Crippen LogP contribution is 2.41. The summed E-state index contributed by atoms with van der Waals surface area (Å²) in [4.78, 5) is 45.7. The highest BCUT2D eigenvalue weighted by atomic mass is 32.1. The molecule has 6 aromatic rings. The molecular weight excluding hydrogens is 921 g/mol. The number of amides is 2. The topological polar surface area (TPSA) is 184 Å². The number of fused-ring (bicyclic) bond motifs is 3. The molecule has 2 saturated heterocycles. The molecule has 9 rings (SSSR count). The SMILES string of the molecule is Cc1ncsc1-c1ccc([C@H](C)NC(=O)[C@H]2C[C@@H](O[Si](C)(C)C(C)(C)C)CN2C(=O)C(c2cc(COc3cc(N4CCN5c6cc(-c7ccccc7O)nnc6NCC5C4)ccn3)no2)C(C)C)cc1. The van der Waals surface area contributed by atoms with Crippen molar-refractivity contribution in [3.8, 4) is 33.3 Å². The number of phenolic OH excluding ortho intramolecular Hbond substituents is 1. The number of benzene rings is 2. The molecule has 0 radical (unpaired) electrons. The normalized spacial score (nSPS) is 19.1. The van der Waals surface area contributed by atoms with Gasteiger partial charge in [-0.25, -0.2) is 9.97 Å². The number of hydrogen-bond acceptors (Lipinski definition) is 15. The largest absolute Gasteiger partial charge is 0.507 e. The van der Waals surface area contributed by atoms with Gasteiger partial charge in [0.25, 0.3) is 0 Å².